The summed E-state index contributed by atoms with van der Waals surface area (Å²) in [6.07, 6.45) is 3.67. The van der Waals surface area contributed by atoms with Gasteiger partial charge in [-0.2, -0.15) is 0 Å². The largest absolute Gasteiger partial charge is 0.497 e. The Hall–Kier alpha value is -5.22. The van der Waals surface area contributed by atoms with Crippen LogP contribution in [0, 0.1) is 0 Å². The number of allylic oxidation sites excluding steroid dienone is 1. The molecular weight excluding hydrogens is 576 g/mol. The summed E-state index contributed by atoms with van der Waals surface area (Å²) in [5.41, 5.74) is 3.66. The number of thiazole rings is 1. The van der Waals surface area contributed by atoms with E-state index in [1.807, 2.05) is 95.7 Å². The number of anilines is 1. The second-order valence-corrected chi connectivity index (χ2v) is 11.2. The van der Waals surface area contributed by atoms with Crippen LogP contribution in [0.2, 0.25) is 0 Å². The normalized spacial score (nSPS) is 14.7. The number of amides is 1. The third kappa shape index (κ3) is 5.47. The van der Waals surface area contributed by atoms with E-state index in [9.17, 15) is 14.4 Å². The first-order chi connectivity index (χ1) is 21.4. The van der Waals surface area contributed by atoms with Crippen molar-refractivity contribution in [2.45, 2.75) is 26.4 Å². The minimum Gasteiger partial charge on any atom is -0.497 e. The number of para-hydroxylation sites is 2. The van der Waals surface area contributed by atoms with Crippen molar-refractivity contribution in [3.05, 3.63) is 127 Å². The van der Waals surface area contributed by atoms with Gasteiger partial charge in [0.25, 0.3) is 11.5 Å². The summed E-state index contributed by atoms with van der Waals surface area (Å²) in [6.45, 7) is 3.91. The Morgan fingerprint density at radius 3 is 2.48 bits per heavy atom. The molecule has 1 atom stereocenters. The maximum Gasteiger partial charge on any atom is 0.325 e. The molecule has 3 aromatic carbocycles. The number of ether oxygens (including phenoxy) is 2. The van der Waals surface area contributed by atoms with Gasteiger partial charge in [0.2, 0.25) is 0 Å². The molecule has 1 N–H and O–H groups in total. The second-order valence-electron chi connectivity index (χ2n) is 10.2. The first-order valence-corrected chi connectivity index (χ1v) is 15.0. The lowest BCUT2D eigenvalue weighted by Crippen LogP contribution is -2.40. The first kappa shape index (κ1) is 28.9. The van der Waals surface area contributed by atoms with Crippen molar-refractivity contribution in [1.82, 2.24) is 9.13 Å². The van der Waals surface area contributed by atoms with Gasteiger partial charge in [-0.15, -0.1) is 0 Å². The average Bonchev–Trinajstić information content (AvgIpc) is 3.53. The summed E-state index contributed by atoms with van der Waals surface area (Å²) in [6, 6.07) is 23.5. The van der Waals surface area contributed by atoms with Crippen LogP contribution in [0.5, 0.6) is 5.75 Å². The van der Waals surface area contributed by atoms with Crippen molar-refractivity contribution in [1.29, 1.82) is 0 Å². The number of carbonyl (C=O) groups is 2. The lowest BCUT2D eigenvalue weighted by atomic mass is 9.95. The highest BCUT2D eigenvalue weighted by molar-refractivity contribution is 7.07. The maximum atomic E-state index is 14.2. The number of fused-ring (bicyclic) bond motifs is 2. The fraction of sp³-hybridized carbons (Fsp3) is 0.176. The highest BCUT2D eigenvalue weighted by atomic mass is 32.1. The van der Waals surface area contributed by atoms with Crippen LogP contribution in [0.3, 0.4) is 0 Å². The number of methoxy groups -OCH3 is 1. The van der Waals surface area contributed by atoms with E-state index in [1.165, 1.54) is 11.3 Å². The SMILES string of the molecule is CCOC(=O)Cn1cc(/C=c2/sc3n(c2=O)C(c2ccc(OC)cc2)C(C(=O)Nc2ccccc2)=C(C)N=3)c2ccccc21. The Labute approximate surface area is 257 Å². The van der Waals surface area contributed by atoms with Gasteiger partial charge in [-0.25, -0.2) is 4.99 Å². The third-order valence-corrected chi connectivity index (χ3v) is 8.42. The molecule has 2 aromatic heterocycles. The molecule has 0 aliphatic carbocycles. The number of benzene rings is 3. The van der Waals surface area contributed by atoms with Gasteiger partial charge in [0.05, 0.1) is 35.6 Å². The molecule has 3 heterocycles. The van der Waals surface area contributed by atoms with Gasteiger partial charge >= 0.3 is 5.97 Å². The zero-order valence-electron chi connectivity index (χ0n) is 24.4. The van der Waals surface area contributed by atoms with Crippen molar-refractivity contribution in [2.24, 2.45) is 4.99 Å². The van der Waals surface area contributed by atoms with Gasteiger partial charge in [-0.1, -0.05) is 59.9 Å². The number of rotatable bonds is 8. The van der Waals surface area contributed by atoms with Gasteiger partial charge in [-0.3, -0.25) is 19.0 Å². The van der Waals surface area contributed by atoms with Crippen LogP contribution in [-0.4, -0.2) is 34.7 Å². The summed E-state index contributed by atoms with van der Waals surface area (Å²) in [4.78, 5) is 45.5. The number of nitrogens with zero attached hydrogens (tertiary/aromatic N) is 3. The Bertz CT molecular complexity index is 2090. The third-order valence-electron chi connectivity index (χ3n) is 7.44. The fourth-order valence-corrected chi connectivity index (χ4v) is 6.48. The van der Waals surface area contributed by atoms with E-state index >= 15 is 0 Å². The molecule has 5 aromatic rings. The van der Waals surface area contributed by atoms with Crippen molar-refractivity contribution in [2.75, 3.05) is 19.0 Å². The van der Waals surface area contributed by atoms with Crippen LogP contribution in [0.25, 0.3) is 17.0 Å². The molecule has 0 spiro atoms. The number of aromatic nitrogens is 2. The molecule has 1 aliphatic rings. The van der Waals surface area contributed by atoms with Gasteiger partial charge in [0.15, 0.2) is 4.80 Å². The standard InChI is InChI=1S/C34H30N4O5S/c1-4-43-29(39)20-37-19-23(26-12-8-9-13-27(26)37)18-28-33(41)38-31(22-14-16-25(42-3)17-15-22)30(21(2)35-34(38)44-28)32(40)36-24-10-6-5-7-11-24/h5-19,31H,4,20H2,1-3H3,(H,36,40)/b28-18+. The summed E-state index contributed by atoms with van der Waals surface area (Å²) in [5.74, 6) is -0.0126. The number of carbonyl (C=O) groups excluding carboxylic acids is 2. The molecule has 44 heavy (non-hydrogen) atoms. The van der Waals surface area contributed by atoms with E-state index in [-0.39, 0.29) is 24.0 Å². The quantitative estimate of drug-likeness (QED) is 0.264. The van der Waals surface area contributed by atoms with Crippen LogP contribution in [0.1, 0.15) is 31.0 Å². The molecule has 6 rings (SSSR count). The predicted octanol–water partition coefficient (Wildman–Crippen LogP) is 4.40. The van der Waals surface area contributed by atoms with Gasteiger partial charge < -0.3 is 19.4 Å². The molecule has 0 saturated heterocycles. The molecule has 10 heteroatoms. The molecule has 1 amide bonds. The minimum atomic E-state index is -0.715. The highest BCUT2D eigenvalue weighted by Crippen LogP contribution is 2.32. The monoisotopic (exact) mass is 606 g/mol. The fourth-order valence-electron chi connectivity index (χ4n) is 5.44. The first-order valence-electron chi connectivity index (χ1n) is 14.1. The van der Waals surface area contributed by atoms with Crippen molar-refractivity contribution in [3.63, 3.8) is 0 Å². The van der Waals surface area contributed by atoms with E-state index in [0.29, 0.717) is 38.6 Å². The summed E-state index contributed by atoms with van der Waals surface area (Å²) in [5, 5.41) is 3.86. The summed E-state index contributed by atoms with van der Waals surface area (Å²) >= 11 is 1.26. The molecule has 0 radical (unpaired) electrons. The van der Waals surface area contributed by atoms with E-state index in [2.05, 4.69) is 5.32 Å². The molecule has 0 bridgehead atoms. The van der Waals surface area contributed by atoms with Crippen LogP contribution in [-0.2, 0) is 20.9 Å². The number of hydrogen-bond acceptors (Lipinski definition) is 7. The highest BCUT2D eigenvalue weighted by Gasteiger charge is 2.32. The Balaban J connectivity index is 1.49. The molecular formula is C34H30N4O5S. The van der Waals surface area contributed by atoms with E-state index in [1.54, 1.807) is 25.5 Å². The predicted molar refractivity (Wildman–Crippen MR) is 170 cm³/mol. The van der Waals surface area contributed by atoms with Crippen molar-refractivity contribution >= 4 is 45.9 Å². The van der Waals surface area contributed by atoms with Crippen LogP contribution in [0.15, 0.2) is 106 Å². The average molecular weight is 607 g/mol. The van der Waals surface area contributed by atoms with Crippen LogP contribution >= 0.6 is 11.3 Å². The zero-order valence-corrected chi connectivity index (χ0v) is 25.3. The Kier molecular flexibility index (Phi) is 7.99. The van der Waals surface area contributed by atoms with Crippen molar-refractivity contribution < 1.29 is 19.1 Å². The number of hydrogen-bond donors (Lipinski definition) is 1. The smallest absolute Gasteiger partial charge is 0.325 e. The maximum absolute atomic E-state index is 14.2. The number of esters is 1. The minimum absolute atomic E-state index is 0.0555. The summed E-state index contributed by atoms with van der Waals surface area (Å²) < 4.78 is 14.4. The van der Waals surface area contributed by atoms with E-state index < -0.39 is 6.04 Å². The van der Waals surface area contributed by atoms with Crippen molar-refractivity contribution in [3.8, 4) is 5.75 Å². The van der Waals surface area contributed by atoms with Gasteiger partial charge in [0.1, 0.15) is 12.3 Å². The molecule has 0 saturated carbocycles. The molecule has 9 nitrogen and oxygen atoms in total. The Morgan fingerprint density at radius 2 is 1.75 bits per heavy atom. The molecule has 222 valence electrons. The van der Waals surface area contributed by atoms with Crippen LogP contribution < -0.4 is 24.9 Å². The molecule has 1 unspecified atom stereocenters. The van der Waals surface area contributed by atoms with Gasteiger partial charge in [-0.05, 0) is 55.8 Å². The topological polar surface area (TPSA) is 104 Å². The van der Waals surface area contributed by atoms with E-state index in [0.717, 1.165) is 22.0 Å². The summed E-state index contributed by atoms with van der Waals surface area (Å²) in [7, 11) is 1.59. The lowest BCUT2D eigenvalue weighted by Gasteiger charge is -2.25. The molecule has 0 fully saturated rings. The zero-order chi connectivity index (χ0) is 30.8. The van der Waals surface area contributed by atoms with E-state index in [4.69, 9.17) is 14.5 Å². The molecule has 1 aliphatic heterocycles. The second kappa shape index (κ2) is 12.2. The van der Waals surface area contributed by atoms with Crippen LogP contribution in [0.4, 0.5) is 5.69 Å². The lowest BCUT2D eigenvalue weighted by molar-refractivity contribution is -0.143. The number of nitrogens with one attached hydrogen (secondary N) is 1. The Morgan fingerprint density at radius 1 is 1.02 bits per heavy atom. The van der Waals surface area contributed by atoms with Gasteiger partial charge in [0, 0.05) is 28.4 Å².